The average Bonchev–Trinajstić information content (AvgIpc) is 2.97. The fraction of sp³-hybridized carbons (Fsp3) is 0.136. The van der Waals surface area contributed by atoms with Crippen LogP contribution in [-0.4, -0.2) is 17.1 Å². The number of hydrogen-bond donors (Lipinski definition) is 1. The first-order chi connectivity index (χ1) is 14.3. The molecule has 0 bridgehead atoms. The molecule has 1 N–H and O–H groups in total. The van der Waals surface area contributed by atoms with Crippen molar-refractivity contribution in [1.29, 1.82) is 10.5 Å². The summed E-state index contributed by atoms with van der Waals surface area (Å²) in [5, 5.41) is 21.4. The molecule has 0 radical (unpaired) electrons. The predicted octanol–water partition coefficient (Wildman–Crippen LogP) is 4.65. The molecule has 8 heteroatoms. The highest BCUT2D eigenvalue weighted by molar-refractivity contribution is 6.32. The summed E-state index contributed by atoms with van der Waals surface area (Å²) in [6.07, 6.45) is 0. The highest BCUT2D eigenvalue weighted by atomic mass is 35.5. The molecule has 0 aliphatic rings. The Morgan fingerprint density at radius 2 is 1.87 bits per heavy atom. The molecular weight excluding hydrogens is 407 g/mol. The van der Waals surface area contributed by atoms with E-state index >= 15 is 0 Å². The second-order valence-corrected chi connectivity index (χ2v) is 6.86. The summed E-state index contributed by atoms with van der Waals surface area (Å²) in [5.74, 6) is -0.363. The molecule has 1 heterocycles. The predicted molar refractivity (Wildman–Crippen MR) is 110 cm³/mol. The number of nitriles is 2. The zero-order valence-corrected chi connectivity index (χ0v) is 16.9. The van der Waals surface area contributed by atoms with E-state index < -0.39 is 5.91 Å². The molecule has 0 saturated heterocycles. The third-order valence-electron chi connectivity index (χ3n) is 4.59. The number of carbonyl (C=O) groups excluding carboxylic acids is 1. The Hall–Kier alpha value is -3.81. The van der Waals surface area contributed by atoms with Crippen LogP contribution in [0.5, 0.6) is 5.75 Å². The van der Waals surface area contributed by atoms with E-state index in [1.807, 2.05) is 13.0 Å². The maximum atomic E-state index is 13.3. The molecule has 0 atom stereocenters. The zero-order chi connectivity index (χ0) is 21.8. The quantitative estimate of drug-likeness (QED) is 0.648. The summed E-state index contributed by atoms with van der Waals surface area (Å²) >= 11 is 6.06. The molecule has 0 spiro atoms. The fourth-order valence-corrected chi connectivity index (χ4v) is 3.21. The molecule has 150 valence electrons. The molecule has 1 amide bonds. The maximum absolute atomic E-state index is 13.3. The largest absolute Gasteiger partial charge is 0.482 e. The number of rotatable bonds is 5. The van der Waals surface area contributed by atoms with E-state index in [2.05, 4.69) is 11.4 Å². The number of ether oxygens (including phenoxy) is 1. The van der Waals surface area contributed by atoms with Gasteiger partial charge in [-0.1, -0.05) is 11.6 Å². The molecule has 0 saturated carbocycles. The third kappa shape index (κ3) is 4.12. The number of anilines is 1. The van der Waals surface area contributed by atoms with E-state index in [1.165, 1.54) is 30.3 Å². The van der Waals surface area contributed by atoms with Crippen LogP contribution < -0.4 is 10.1 Å². The van der Waals surface area contributed by atoms with Crippen molar-refractivity contribution in [2.45, 2.75) is 13.8 Å². The van der Waals surface area contributed by atoms with Crippen molar-refractivity contribution in [2.75, 3.05) is 11.9 Å². The number of halogens is 2. The van der Waals surface area contributed by atoms with E-state index in [0.29, 0.717) is 22.4 Å². The van der Waals surface area contributed by atoms with Gasteiger partial charge in [-0.25, -0.2) is 4.39 Å². The van der Waals surface area contributed by atoms with Crippen LogP contribution in [0, 0.1) is 42.3 Å². The first-order valence-corrected chi connectivity index (χ1v) is 9.23. The molecule has 6 nitrogen and oxygen atoms in total. The van der Waals surface area contributed by atoms with Gasteiger partial charge in [0.2, 0.25) is 0 Å². The van der Waals surface area contributed by atoms with Crippen molar-refractivity contribution in [2.24, 2.45) is 0 Å². The Balaban J connectivity index is 1.86. The van der Waals surface area contributed by atoms with Crippen molar-refractivity contribution in [3.63, 3.8) is 0 Å². The van der Waals surface area contributed by atoms with Gasteiger partial charge in [0.05, 0.1) is 22.2 Å². The standard InChI is InChI=1S/C22H16ClFN4O2/c1-13-14(2)28(17-6-4-16(24)5-7-17)22(18(13)11-26)27-21(29)12-30-20-8-3-15(10-25)9-19(20)23/h3-9H,12H2,1-2H3,(H,27,29). The first kappa shape index (κ1) is 20.9. The summed E-state index contributed by atoms with van der Waals surface area (Å²) in [6.45, 7) is 3.22. The highest BCUT2D eigenvalue weighted by Crippen LogP contribution is 2.30. The Morgan fingerprint density at radius 1 is 1.17 bits per heavy atom. The van der Waals surface area contributed by atoms with Gasteiger partial charge in [0.1, 0.15) is 23.5 Å². The minimum absolute atomic E-state index is 0.209. The van der Waals surface area contributed by atoms with Crippen LogP contribution in [0.2, 0.25) is 5.02 Å². The lowest BCUT2D eigenvalue weighted by atomic mass is 10.2. The summed E-state index contributed by atoms with van der Waals surface area (Å²) in [7, 11) is 0. The minimum Gasteiger partial charge on any atom is -0.482 e. The van der Waals surface area contributed by atoms with Crippen molar-refractivity contribution >= 4 is 23.3 Å². The van der Waals surface area contributed by atoms with Crippen LogP contribution in [0.15, 0.2) is 42.5 Å². The second kappa shape index (κ2) is 8.69. The van der Waals surface area contributed by atoms with Gasteiger partial charge in [-0.15, -0.1) is 0 Å². The van der Waals surface area contributed by atoms with E-state index in [0.717, 1.165) is 5.69 Å². The van der Waals surface area contributed by atoms with Gasteiger partial charge in [0, 0.05) is 11.4 Å². The van der Waals surface area contributed by atoms with E-state index in [1.54, 1.807) is 23.6 Å². The normalized spacial score (nSPS) is 10.2. The number of nitrogens with one attached hydrogen (secondary N) is 1. The molecule has 3 aromatic rings. The molecule has 30 heavy (non-hydrogen) atoms. The van der Waals surface area contributed by atoms with Gasteiger partial charge >= 0.3 is 0 Å². The minimum atomic E-state index is -0.507. The summed E-state index contributed by atoms with van der Waals surface area (Å²) in [5.41, 5.74) is 2.72. The summed E-state index contributed by atoms with van der Waals surface area (Å²) < 4.78 is 20.5. The lowest BCUT2D eigenvalue weighted by Gasteiger charge is -2.14. The number of aromatic nitrogens is 1. The van der Waals surface area contributed by atoms with Gasteiger partial charge in [-0.2, -0.15) is 10.5 Å². The summed E-state index contributed by atoms with van der Waals surface area (Å²) in [4.78, 5) is 12.5. The van der Waals surface area contributed by atoms with E-state index in [4.69, 9.17) is 21.6 Å². The van der Waals surface area contributed by atoms with Gasteiger partial charge in [-0.3, -0.25) is 9.36 Å². The maximum Gasteiger partial charge on any atom is 0.263 e. The number of amides is 1. The third-order valence-corrected chi connectivity index (χ3v) is 4.88. The van der Waals surface area contributed by atoms with E-state index in [9.17, 15) is 14.4 Å². The monoisotopic (exact) mass is 422 g/mol. The molecule has 0 fully saturated rings. The topological polar surface area (TPSA) is 90.8 Å². The lowest BCUT2D eigenvalue weighted by Crippen LogP contribution is -2.22. The SMILES string of the molecule is Cc1c(C#N)c(NC(=O)COc2ccc(C#N)cc2Cl)n(-c2ccc(F)cc2)c1C. The van der Waals surface area contributed by atoms with Crippen LogP contribution >= 0.6 is 11.6 Å². The number of carbonyl (C=O) groups is 1. The average molecular weight is 423 g/mol. The van der Waals surface area contributed by atoms with Crippen molar-refractivity contribution < 1.29 is 13.9 Å². The molecule has 0 unspecified atom stereocenters. The van der Waals surface area contributed by atoms with E-state index in [-0.39, 0.29) is 29.0 Å². The van der Waals surface area contributed by atoms with Crippen LogP contribution in [0.25, 0.3) is 5.69 Å². The Morgan fingerprint density at radius 3 is 2.47 bits per heavy atom. The van der Waals surface area contributed by atoms with Crippen LogP contribution in [0.1, 0.15) is 22.4 Å². The number of benzene rings is 2. The molecule has 0 aliphatic carbocycles. The smallest absolute Gasteiger partial charge is 0.263 e. The van der Waals surface area contributed by atoms with Crippen molar-refractivity contribution in [3.05, 3.63) is 75.7 Å². The fourth-order valence-electron chi connectivity index (χ4n) is 2.97. The lowest BCUT2D eigenvalue weighted by molar-refractivity contribution is -0.118. The molecule has 0 aliphatic heterocycles. The number of nitrogens with zero attached hydrogens (tertiary/aromatic N) is 3. The van der Waals surface area contributed by atoms with Gasteiger partial charge in [0.15, 0.2) is 6.61 Å². The van der Waals surface area contributed by atoms with Crippen LogP contribution in [0.4, 0.5) is 10.2 Å². The Kier molecular flexibility index (Phi) is 6.06. The van der Waals surface area contributed by atoms with Gasteiger partial charge in [-0.05, 0) is 61.9 Å². The van der Waals surface area contributed by atoms with Crippen LogP contribution in [0.3, 0.4) is 0 Å². The Labute approximate surface area is 177 Å². The summed E-state index contributed by atoms with van der Waals surface area (Å²) in [6, 6.07) is 14.3. The molecule has 2 aromatic carbocycles. The second-order valence-electron chi connectivity index (χ2n) is 6.45. The molecular formula is C22H16ClFN4O2. The van der Waals surface area contributed by atoms with Crippen LogP contribution in [-0.2, 0) is 4.79 Å². The highest BCUT2D eigenvalue weighted by Gasteiger charge is 2.21. The van der Waals surface area contributed by atoms with Gasteiger partial charge in [0.25, 0.3) is 5.91 Å². The zero-order valence-electron chi connectivity index (χ0n) is 16.2. The molecule has 3 rings (SSSR count). The van der Waals surface area contributed by atoms with Gasteiger partial charge < -0.3 is 10.1 Å². The molecule has 1 aromatic heterocycles. The van der Waals surface area contributed by atoms with Crippen molar-refractivity contribution in [3.8, 4) is 23.6 Å². The Bertz CT molecular complexity index is 1200. The van der Waals surface area contributed by atoms with Crippen molar-refractivity contribution in [1.82, 2.24) is 4.57 Å². The number of hydrogen-bond acceptors (Lipinski definition) is 4. The first-order valence-electron chi connectivity index (χ1n) is 8.86.